The van der Waals surface area contributed by atoms with Gasteiger partial charge in [0, 0.05) is 100 Å². The van der Waals surface area contributed by atoms with E-state index in [9.17, 15) is 19.2 Å². The van der Waals surface area contributed by atoms with E-state index < -0.39 is 47.2 Å². The summed E-state index contributed by atoms with van der Waals surface area (Å²) in [5, 5.41) is 3.71. The monoisotopic (exact) mass is 933 g/mol. The predicted octanol–water partition coefficient (Wildman–Crippen LogP) is 4.90. The van der Waals surface area contributed by atoms with E-state index in [1.165, 1.54) is 6.92 Å². The Hall–Kier alpha value is -4.85. The van der Waals surface area contributed by atoms with E-state index in [0.29, 0.717) is 58.3 Å². The van der Waals surface area contributed by atoms with Gasteiger partial charge in [-0.2, -0.15) is 0 Å². The zero-order chi connectivity index (χ0) is 48.0. The molecule has 3 aromatic rings. The second-order valence-corrected chi connectivity index (χ2v) is 20.0. The molecule has 4 aliphatic rings. The number of hydrogen-bond acceptors (Lipinski definition) is 16. The van der Waals surface area contributed by atoms with Crippen LogP contribution < -0.4 is 26.0 Å². The number of carbonyl (C=O) groups excluding carboxylic acids is 4. The van der Waals surface area contributed by atoms with Crippen molar-refractivity contribution in [1.29, 1.82) is 0 Å². The Morgan fingerprint density at radius 2 is 1.79 bits per heavy atom. The van der Waals surface area contributed by atoms with E-state index in [-0.39, 0.29) is 25.1 Å². The van der Waals surface area contributed by atoms with Crippen LogP contribution in [-0.2, 0) is 55.8 Å². The largest absolute Gasteiger partial charge is 0.465 e. The lowest BCUT2D eigenvalue weighted by Gasteiger charge is -2.44. The quantitative estimate of drug-likeness (QED) is 0.106. The minimum Gasteiger partial charge on any atom is -0.465 e. The molecule has 368 valence electrons. The van der Waals surface area contributed by atoms with Crippen molar-refractivity contribution < 1.29 is 47.6 Å². The molecule has 3 N–H and O–H groups in total. The number of rotatable bonds is 15. The third-order valence-electron chi connectivity index (χ3n) is 13.0. The Bertz CT molecular complexity index is 2240. The van der Waals surface area contributed by atoms with Crippen LogP contribution in [0.2, 0.25) is 0 Å². The Balaban J connectivity index is 1.24. The Labute approximate surface area is 394 Å². The summed E-state index contributed by atoms with van der Waals surface area (Å²) in [6.45, 7) is 23.1. The fourth-order valence-corrected chi connectivity index (χ4v) is 9.60. The van der Waals surface area contributed by atoms with Crippen LogP contribution in [0.5, 0.6) is 0 Å². The molecule has 67 heavy (non-hydrogen) atoms. The van der Waals surface area contributed by atoms with Crippen LogP contribution in [-0.4, -0.2) is 148 Å². The molecule has 18 heteroatoms. The number of nitrogens with zero attached hydrogens (tertiary/aromatic N) is 5. The van der Waals surface area contributed by atoms with Gasteiger partial charge in [0.15, 0.2) is 0 Å². The predicted molar refractivity (Wildman–Crippen MR) is 254 cm³/mol. The van der Waals surface area contributed by atoms with E-state index in [1.807, 2.05) is 13.1 Å². The van der Waals surface area contributed by atoms with Gasteiger partial charge in [-0.15, -0.1) is 0 Å². The highest BCUT2D eigenvalue weighted by atomic mass is 16.6. The molecule has 4 aliphatic heterocycles. The summed E-state index contributed by atoms with van der Waals surface area (Å²) in [7, 11) is 1.71. The standard InChI is InChI=1S/C49H72N8O10/c1-10-57-42-14-13-33(56-19-21-64-36(28-56)24-41(52-47(61)67-48(4,5)6)46(60)66-45(59)40-12-11-15-51-53-40)22-37(42)39(25-49(7,8)30-65-32(3)58)44(57)38-23-34(26-50-43(38)31(2)62-9)55-17-16-54-18-20-63-29-35(54)27-55/h13-14,22-23,26,31,35-36,40-41,51,53H,10-12,15-21,24-25,27-30H2,1-9H3,(H,52,61)/t31-,35-,36-,40?,41-/m0/s1. The topological polar surface area (TPSA) is 187 Å². The number of hydrazine groups is 1. The van der Waals surface area contributed by atoms with E-state index in [2.05, 4.69) is 80.5 Å². The van der Waals surface area contributed by atoms with Crippen molar-refractivity contribution in [3.8, 4) is 11.3 Å². The van der Waals surface area contributed by atoms with Gasteiger partial charge < -0.3 is 48.1 Å². The molecule has 6 heterocycles. The molecule has 5 atom stereocenters. The molecule has 7 rings (SSSR count). The number of benzene rings is 1. The number of esters is 3. The number of fused-ring (bicyclic) bond motifs is 2. The summed E-state index contributed by atoms with van der Waals surface area (Å²) in [5.74, 6) is -1.93. The van der Waals surface area contributed by atoms with Crippen molar-refractivity contribution in [3.05, 3.63) is 41.7 Å². The second kappa shape index (κ2) is 21.6. The number of amides is 1. The van der Waals surface area contributed by atoms with Crippen LogP contribution in [0.4, 0.5) is 16.2 Å². The number of aryl methyl sites for hydroxylation is 1. The number of carbonyl (C=O) groups is 4. The molecule has 4 saturated heterocycles. The maximum Gasteiger partial charge on any atom is 0.408 e. The molecule has 0 radical (unpaired) electrons. The van der Waals surface area contributed by atoms with Crippen LogP contribution >= 0.6 is 0 Å². The van der Waals surface area contributed by atoms with E-state index in [4.69, 9.17) is 33.4 Å². The van der Waals surface area contributed by atoms with Gasteiger partial charge in [0.2, 0.25) is 0 Å². The Morgan fingerprint density at radius 1 is 1.00 bits per heavy atom. The number of hydrogen-bond donors (Lipinski definition) is 3. The van der Waals surface area contributed by atoms with Gasteiger partial charge in [-0.25, -0.2) is 19.8 Å². The van der Waals surface area contributed by atoms with Crippen molar-refractivity contribution in [2.75, 3.05) is 89.2 Å². The summed E-state index contributed by atoms with van der Waals surface area (Å²) in [4.78, 5) is 64.2. The molecule has 0 saturated carbocycles. The average molecular weight is 933 g/mol. The minimum absolute atomic E-state index is 0.0407. The first-order valence-electron chi connectivity index (χ1n) is 23.9. The van der Waals surface area contributed by atoms with Crippen molar-refractivity contribution in [2.45, 2.75) is 124 Å². The molecule has 2 aromatic heterocycles. The number of ether oxygens (including phenoxy) is 6. The van der Waals surface area contributed by atoms with Gasteiger partial charge in [-0.3, -0.25) is 20.1 Å². The van der Waals surface area contributed by atoms with Gasteiger partial charge >= 0.3 is 24.0 Å². The maximum absolute atomic E-state index is 13.7. The van der Waals surface area contributed by atoms with Crippen molar-refractivity contribution in [1.82, 2.24) is 30.6 Å². The molecule has 1 amide bonds. The maximum atomic E-state index is 13.7. The van der Waals surface area contributed by atoms with Crippen molar-refractivity contribution >= 4 is 46.3 Å². The molecule has 1 unspecified atom stereocenters. The van der Waals surface area contributed by atoms with Crippen LogP contribution in [0, 0.1) is 5.41 Å². The third-order valence-corrected chi connectivity index (χ3v) is 13.0. The second-order valence-electron chi connectivity index (χ2n) is 20.0. The number of pyridine rings is 1. The van der Waals surface area contributed by atoms with Crippen LogP contribution in [0.25, 0.3) is 22.2 Å². The van der Waals surface area contributed by atoms with Gasteiger partial charge in [0.1, 0.15) is 17.7 Å². The molecule has 0 bridgehead atoms. The first-order chi connectivity index (χ1) is 31.9. The molecule has 18 nitrogen and oxygen atoms in total. The summed E-state index contributed by atoms with van der Waals surface area (Å²) >= 11 is 0. The highest BCUT2D eigenvalue weighted by molar-refractivity contribution is 5.95. The van der Waals surface area contributed by atoms with Gasteiger partial charge in [0.05, 0.1) is 67.9 Å². The highest BCUT2D eigenvalue weighted by Gasteiger charge is 2.36. The van der Waals surface area contributed by atoms with Crippen molar-refractivity contribution in [3.63, 3.8) is 0 Å². The van der Waals surface area contributed by atoms with Gasteiger partial charge in [-0.1, -0.05) is 13.8 Å². The fourth-order valence-electron chi connectivity index (χ4n) is 9.60. The van der Waals surface area contributed by atoms with E-state index in [0.717, 1.165) is 84.0 Å². The molecule has 0 spiro atoms. The van der Waals surface area contributed by atoms with Crippen LogP contribution in [0.1, 0.15) is 92.0 Å². The first-order valence-corrected chi connectivity index (χ1v) is 23.9. The normalized spacial score (nSPS) is 21.6. The average Bonchev–Trinajstić information content (AvgIpc) is 3.61. The zero-order valence-corrected chi connectivity index (χ0v) is 40.9. The minimum atomic E-state index is -1.22. The number of piperazine rings is 1. The fraction of sp³-hybridized carbons (Fsp3) is 0.653. The number of anilines is 2. The molecule has 1 aromatic carbocycles. The summed E-state index contributed by atoms with van der Waals surface area (Å²) in [6, 6.07) is 7.17. The lowest BCUT2D eigenvalue weighted by Crippen LogP contribution is -2.58. The Morgan fingerprint density at radius 3 is 2.51 bits per heavy atom. The van der Waals surface area contributed by atoms with Crippen LogP contribution in [0.15, 0.2) is 30.5 Å². The molecule has 0 aliphatic carbocycles. The number of alkyl carbamates (subject to hydrolysis) is 1. The van der Waals surface area contributed by atoms with Crippen LogP contribution in [0.3, 0.4) is 0 Å². The number of morpholine rings is 2. The lowest BCUT2D eigenvalue weighted by atomic mass is 9.84. The number of nitrogens with one attached hydrogen (secondary N) is 3. The third kappa shape index (κ3) is 12.4. The SMILES string of the molecule is CCn1c(-c2cc(N3CCN4CCOC[C@@H]4C3)cnc2[C@H](C)OC)c(CC(C)(C)COC(C)=O)c2cc(N3CCO[C@@H](C[C@H](NC(=O)OC(C)(C)C)C(=O)OC(=O)C4CCCNN4)C3)ccc21. The zero-order valence-electron chi connectivity index (χ0n) is 40.9. The number of methoxy groups -OCH3 is 1. The first kappa shape index (κ1) is 50.0. The van der Waals surface area contributed by atoms with Gasteiger partial charge in [0.25, 0.3) is 0 Å². The van der Waals surface area contributed by atoms with Gasteiger partial charge in [-0.05, 0) is 83.7 Å². The lowest BCUT2D eigenvalue weighted by molar-refractivity contribution is -0.164. The summed E-state index contributed by atoms with van der Waals surface area (Å²) in [5.41, 5.74) is 11.6. The summed E-state index contributed by atoms with van der Waals surface area (Å²) < 4.78 is 37.0. The van der Waals surface area contributed by atoms with E-state index >= 15 is 0 Å². The Kier molecular flexibility index (Phi) is 16.1. The smallest absolute Gasteiger partial charge is 0.408 e. The molecular formula is C49H72N8O10. The van der Waals surface area contributed by atoms with Crippen molar-refractivity contribution in [2.24, 2.45) is 5.41 Å². The summed E-state index contributed by atoms with van der Waals surface area (Å²) in [6.07, 6.45) is 2.22. The van der Waals surface area contributed by atoms with E-state index in [1.54, 1.807) is 27.9 Å². The highest BCUT2D eigenvalue weighted by Crippen LogP contribution is 2.43. The molecular weight excluding hydrogens is 861 g/mol. The number of aromatic nitrogens is 2. The molecule has 4 fully saturated rings.